The van der Waals surface area contributed by atoms with Crippen LogP contribution in [0.5, 0.6) is 0 Å². The van der Waals surface area contributed by atoms with Crippen molar-refractivity contribution in [2.45, 2.75) is 39.0 Å². The second kappa shape index (κ2) is 8.78. The van der Waals surface area contributed by atoms with Crippen LogP contribution in [-0.2, 0) is 10.2 Å². The molecule has 1 fully saturated rings. The van der Waals surface area contributed by atoms with Gasteiger partial charge in [-0.05, 0) is 67.7 Å². The Morgan fingerprint density at radius 3 is 2.28 bits per heavy atom. The number of rotatable bonds is 4. The SMILES string of the molecule is CN1CCCC(C(=O)Nc2cccc(NC(=O)c3ccc(C(C)(C)C)cc3)c2)C1. The van der Waals surface area contributed by atoms with E-state index in [0.29, 0.717) is 16.9 Å². The average Bonchev–Trinajstić information content (AvgIpc) is 2.67. The standard InChI is InChI=1S/C24H31N3O2/c1-24(2,3)19-12-10-17(11-13-19)22(28)25-20-8-5-9-21(15-20)26-23(29)18-7-6-14-27(4)16-18/h5,8-13,15,18H,6-7,14,16H2,1-4H3,(H,25,28)(H,26,29). The van der Waals surface area contributed by atoms with Crippen molar-refractivity contribution in [2.75, 3.05) is 30.8 Å². The predicted octanol–water partition coefficient (Wildman–Crippen LogP) is 4.52. The summed E-state index contributed by atoms with van der Waals surface area (Å²) in [5.41, 5.74) is 3.21. The van der Waals surface area contributed by atoms with Crippen molar-refractivity contribution in [3.8, 4) is 0 Å². The van der Waals surface area contributed by atoms with Crippen LogP contribution >= 0.6 is 0 Å². The molecule has 1 atom stereocenters. The van der Waals surface area contributed by atoms with Crippen molar-refractivity contribution in [1.82, 2.24) is 4.90 Å². The Hall–Kier alpha value is -2.66. The molecule has 5 heteroatoms. The molecule has 1 unspecified atom stereocenters. The molecule has 154 valence electrons. The fourth-order valence-electron chi connectivity index (χ4n) is 3.62. The van der Waals surface area contributed by atoms with Gasteiger partial charge in [0.2, 0.25) is 5.91 Å². The highest BCUT2D eigenvalue weighted by Crippen LogP contribution is 2.23. The summed E-state index contributed by atoms with van der Waals surface area (Å²) < 4.78 is 0. The van der Waals surface area contributed by atoms with Gasteiger partial charge in [-0.1, -0.05) is 39.0 Å². The van der Waals surface area contributed by atoms with Gasteiger partial charge in [0.1, 0.15) is 0 Å². The predicted molar refractivity (Wildman–Crippen MR) is 118 cm³/mol. The Bertz CT molecular complexity index is 868. The smallest absolute Gasteiger partial charge is 0.255 e. The first-order chi connectivity index (χ1) is 13.7. The molecule has 1 aliphatic heterocycles. The van der Waals surface area contributed by atoms with Crippen molar-refractivity contribution in [3.05, 3.63) is 59.7 Å². The van der Waals surface area contributed by atoms with Crippen LogP contribution < -0.4 is 10.6 Å². The Morgan fingerprint density at radius 2 is 1.66 bits per heavy atom. The number of carbonyl (C=O) groups excluding carboxylic acids is 2. The Kier molecular flexibility index (Phi) is 6.38. The zero-order valence-corrected chi connectivity index (χ0v) is 17.8. The summed E-state index contributed by atoms with van der Waals surface area (Å²) in [6, 6.07) is 15.0. The van der Waals surface area contributed by atoms with Crippen molar-refractivity contribution >= 4 is 23.2 Å². The maximum Gasteiger partial charge on any atom is 0.255 e. The van der Waals surface area contributed by atoms with Crippen LogP contribution in [0.1, 0.15) is 49.5 Å². The minimum atomic E-state index is -0.164. The topological polar surface area (TPSA) is 61.4 Å². The molecule has 29 heavy (non-hydrogen) atoms. The molecule has 0 spiro atoms. The molecular weight excluding hydrogens is 362 g/mol. The zero-order valence-electron chi connectivity index (χ0n) is 17.8. The maximum atomic E-state index is 12.6. The van der Waals surface area contributed by atoms with E-state index in [4.69, 9.17) is 0 Å². The van der Waals surface area contributed by atoms with E-state index >= 15 is 0 Å². The number of likely N-dealkylation sites (tertiary alicyclic amines) is 1. The molecule has 2 amide bonds. The van der Waals surface area contributed by atoms with E-state index in [9.17, 15) is 9.59 Å². The van der Waals surface area contributed by atoms with Gasteiger partial charge in [0.15, 0.2) is 0 Å². The molecule has 0 saturated carbocycles. The molecule has 1 aliphatic rings. The number of anilines is 2. The summed E-state index contributed by atoms with van der Waals surface area (Å²) in [4.78, 5) is 27.3. The highest BCUT2D eigenvalue weighted by atomic mass is 16.2. The number of amides is 2. The lowest BCUT2D eigenvalue weighted by Crippen LogP contribution is -2.38. The van der Waals surface area contributed by atoms with Gasteiger partial charge < -0.3 is 15.5 Å². The molecule has 0 aliphatic carbocycles. The third kappa shape index (κ3) is 5.67. The molecule has 2 N–H and O–H groups in total. The highest BCUT2D eigenvalue weighted by molar-refractivity contribution is 6.04. The molecule has 0 aromatic heterocycles. The van der Waals surface area contributed by atoms with Gasteiger partial charge in [-0.25, -0.2) is 0 Å². The molecule has 1 saturated heterocycles. The molecule has 5 nitrogen and oxygen atoms in total. The minimum Gasteiger partial charge on any atom is -0.326 e. The number of piperidine rings is 1. The van der Waals surface area contributed by atoms with Crippen LogP contribution in [0.2, 0.25) is 0 Å². The minimum absolute atomic E-state index is 0.00771. The molecule has 2 aromatic rings. The van der Waals surface area contributed by atoms with Crippen molar-refractivity contribution in [1.29, 1.82) is 0 Å². The number of nitrogens with one attached hydrogen (secondary N) is 2. The lowest BCUT2D eigenvalue weighted by molar-refractivity contribution is -0.121. The van der Waals surface area contributed by atoms with Crippen LogP contribution in [0.25, 0.3) is 0 Å². The lowest BCUT2D eigenvalue weighted by atomic mass is 9.87. The fourth-order valence-corrected chi connectivity index (χ4v) is 3.62. The first kappa shape index (κ1) is 21.1. The number of hydrogen-bond donors (Lipinski definition) is 2. The van der Waals surface area contributed by atoms with E-state index in [1.165, 1.54) is 5.56 Å². The van der Waals surface area contributed by atoms with Crippen molar-refractivity contribution in [3.63, 3.8) is 0 Å². The molecule has 0 bridgehead atoms. The van der Waals surface area contributed by atoms with Gasteiger partial charge in [0, 0.05) is 23.5 Å². The molecule has 1 heterocycles. The summed E-state index contributed by atoms with van der Waals surface area (Å²) in [6.07, 6.45) is 1.95. The molecular formula is C24H31N3O2. The summed E-state index contributed by atoms with van der Waals surface area (Å²) in [5.74, 6) is -0.117. The lowest BCUT2D eigenvalue weighted by Gasteiger charge is -2.28. The van der Waals surface area contributed by atoms with E-state index in [1.807, 2.05) is 49.5 Å². The first-order valence-electron chi connectivity index (χ1n) is 10.2. The quantitative estimate of drug-likeness (QED) is 0.803. The van der Waals surface area contributed by atoms with Gasteiger partial charge in [-0.15, -0.1) is 0 Å². The summed E-state index contributed by atoms with van der Waals surface area (Å²) in [7, 11) is 2.05. The van der Waals surface area contributed by atoms with Crippen LogP contribution in [0.15, 0.2) is 48.5 Å². The second-order valence-corrected chi connectivity index (χ2v) is 8.95. The highest BCUT2D eigenvalue weighted by Gasteiger charge is 2.24. The summed E-state index contributed by atoms with van der Waals surface area (Å²) in [5, 5.41) is 5.91. The molecule has 3 rings (SSSR count). The fraction of sp³-hybridized carbons (Fsp3) is 0.417. The van der Waals surface area contributed by atoms with Crippen molar-refractivity contribution < 1.29 is 9.59 Å². The van der Waals surface area contributed by atoms with Gasteiger partial charge in [-0.2, -0.15) is 0 Å². The maximum absolute atomic E-state index is 12.6. The summed E-state index contributed by atoms with van der Waals surface area (Å²) in [6.45, 7) is 8.27. The van der Waals surface area contributed by atoms with Crippen LogP contribution in [0.3, 0.4) is 0 Å². The third-order valence-corrected chi connectivity index (χ3v) is 5.40. The number of hydrogen-bond acceptors (Lipinski definition) is 3. The largest absolute Gasteiger partial charge is 0.326 e. The van der Waals surface area contributed by atoms with Crippen LogP contribution in [0.4, 0.5) is 11.4 Å². The average molecular weight is 394 g/mol. The van der Waals surface area contributed by atoms with E-state index < -0.39 is 0 Å². The van der Waals surface area contributed by atoms with Gasteiger partial charge in [-0.3, -0.25) is 9.59 Å². The third-order valence-electron chi connectivity index (χ3n) is 5.40. The van der Waals surface area contributed by atoms with E-state index in [0.717, 1.165) is 25.9 Å². The van der Waals surface area contributed by atoms with Gasteiger partial charge in [0.05, 0.1) is 5.92 Å². The van der Waals surface area contributed by atoms with Gasteiger partial charge in [0.25, 0.3) is 5.91 Å². The summed E-state index contributed by atoms with van der Waals surface area (Å²) >= 11 is 0. The van der Waals surface area contributed by atoms with E-state index in [1.54, 1.807) is 6.07 Å². The van der Waals surface area contributed by atoms with Crippen molar-refractivity contribution in [2.24, 2.45) is 5.92 Å². The number of carbonyl (C=O) groups is 2. The van der Waals surface area contributed by atoms with E-state index in [-0.39, 0.29) is 23.1 Å². The van der Waals surface area contributed by atoms with Crippen LogP contribution in [0, 0.1) is 5.92 Å². The zero-order chi connectivity index (χ0) is 21.0. The number of nitrogens with zero attached hydrogens (tertiary/aromatic N) is 1. The molecule has 2 aromatic carbocycles. The van der Waals surface area contributed by atoms with E-state index in [2.05, 4.69) is 36.3 Å². The number of benzene rings is 2. The second-order valence-electron chi connectivity index (χ2n) is 8.95. The van der Waals surface area contributed by atoms with Gasteiger partial charge >= 0.3 is 0 Å². The molecule has 0 radical (unpaired) electrons. The van der Waals surface area contributed by atoms with Crippen LogP contribution in [-0.4, -0.2) is 36.9 Å². The Labute approximate surface area is 173 Å². The Balaban J connectivity index is 1.63. The normalized spacial score (nSPS) is 17.6. The first-order valence-corrected chi connectivity index (χ1v) is 10.2. The monoisotopic (exact) mass is 393 g/mol. The Morgan fingerprint density at radius 1 is 1.00 bits per heavy atom.